The molecule has 2 nitrogen and oxygen atoms in total. The third-order valence-electron chi connectivity index (χ3n) is 2.06. The number of methoxy groups -OCH3 is 1. The predicted molar refractivity (Wildman–Crippen MR) is 57.5 cm³/mol. The van der Waals surface area contributed by atoms with Crippen molar-refractivity contribution in [2.45, 2.75) is 26.4 Å². The highest BCUT2D eigenvalue weighted by Gasteiger charge is 2.04. The molecule has 0 aliphatic heterocycles. The van der Waals surface area contributed by atoms with Gasteiger partial charge in [-0.3, -0.25) is 0 Å². The van der Waals surface area contributed by atoms with Gasteiger partial charge in [-0.1, -0.05) is 19.4 Å². The van der Waals surface area contributed by atoms with Gasteiger partial charge >= 0.3 is 0 Å². The van der Waals surface area contributed by atoms with Crippen LogP contribution in [0.4, 0.5) is 4.39 Å². The average molecular weight is 212 g/mol. The van der Waals surface area contributed by atoms with Crippen LogP contribution in [0.25, 0.3) is 0 Å². The van der Waals surface area contributed by atoms with Crippen molar-refractivity contribution in [3.05, 3.63) is 29.6 Å². The monoisotopic (exact) mass is 212 g/mol. The number of hydrogen-bond acceptors (Lipinski definition) is 2. The predicted octanol–water partition coefficient (Wildman–Crippen LogP) is 3.15. The first kappa shape index (κ1) is 12.0. The first-order valence-corrected chi connectivity index (χ1v) is 5.18. The number of unbranched alkanes of at least 4 members (excludes halogenated alkanes) is 1. The van der Waals surface area contributed by atoms with Crippen molar-refractivity contribution in [1.29, 1.82) is 0 Å². The molecule has 3 heteroatoms. The molecule has 0 saturated heterocycles. The Balaban J connectivity index is 2.58. The van der Waals surface area contributed by atoms with E-state index < -0.39 is 0 Å². The summed E-state index contributed by atoms with van der Waals surface area (Å²) in [6.07, 6.45) is 1.99. The molecule has 1 aromatic carbocycles. The molecule has 0 radical (unpaired) electrons. The topological polar surface area (TPSA) is 18.5 Å². The normalized spacial score (nSPS) is 10.3. The van der Waals surface area contributed by atoms with Crippen LogP contribution in [-0.4, -0.2) is 13.7 Å². The highest BCUT2D eigenvalue weighted by Crippen LogP contribution is 2.19. The first-order chi connectivity index (χ1) is 7.27. The number of hydrogen-bond donors (Lipinski definition) is 0. The molecule has 0 heterocycles. The fourth-order valence-electron chi connectivity index (χ4n) is 1.24. The highest BCUT2D eigenvalue weighted by molar-refractivity contribution is 5.29. The molecule has 0 aromatic heterocycles. The maximum absolute atomic E-state index is 13.4. The lowest BCUT2D eigenvalue weighted by Gasteiger charge is -2.07. The summed E-state index contributed by atoms with van der Waals surface area (Å²) < 4.78 is 23.6. The lowest BCUT2D eigenvalue weighted by molar-refractivity contribution is 0.184. The Morgan fingerprint density at radius 2 is 2.13 bits per heavy atom. The summed E-state index contributed by atoms with van der Waals surface area (Å²) in [5.74, 6) is 0.00366. The summed E-state index contributed by atoms with van der Waals surface area (Å²) in [5.41, 5.74) is 0.817. The Kier molecular flexibility index (Phi) is 5.12. The molecule has 0 fully saturated rings. The van der Waals surface area contributed by atoms with Gasteiger partial charge in [0.25, 0.3) is 0 Å². The van der Waals surface area contributed by atoms with Gasteiger partial charge in [0.15, 0.2) is 11.6 Å². The third kappa shape index (κ3) is 3.88. The van der Waals surface area contributed by atoms with E-state index in [1.54, 1.807) is 13.2 Å². The summed E-state index contributed by atoms with van der Waals surface area (Å²) in [6.45, 7) is 3.06. The largest absolute Gasteiger partial charge is 0.491 e. The molecule has 0 amide bonds. The van der Waals surface area contributed by atoms with Crippen molar-refractivity contribution in [3.8, 4) is 5.75 Å². The third-order valence-corrected chi connectivity index (χ3v) is 2.06. The molecule has 1 rings (SSSR count). The Labute approximate surface area is 90.0 Å². The first-order valence-electron chi connectivity index (χ1n) is 5.18. The van der Waals surface area contributed by atoms with E-state index in [1.165, 1.54) is 6.07 Å². The van der Waals surface area contributed by atoms with Crippen LogP contribution in [0.3, 0.4) is 0 Å². The van der Waals surface area contributed by atoms with Gasteiger partial charge in [0.2, 0.25) is 0 Å². The molecule has 0 unspecified atom stereocenters. The number of halogens is 1. The van der Waals surface area contributed by atoms with Crippen molar-refractivity contribution in [1.82, 2.24) is 0 Å². The van der Waals surface area contributed by atoms with Crippen LogP contribution in [0.5, 0.6) is 5.75 Å². The van der Waals surface area contributed by atoms with Gasteiger partial charge in [0.1, 0.15) is 0 Å². The maximum Gasteiger partial charge on any atom is 0.165 e. The molecule has 0 atom stereocenters. The maximum atomic E-state index is 13.4. The van der Waals surface area contributed by atoms with E-state index >= 15 is 0 Å². The minimum Gasteiger partial charge on any atom is -0.491 e. The van der Waals surface area contributed by atoms with Gasteiger partial charge in [-0.25, -0.2) is 4.39 Å². The summed E-state index contributed by atoms with van der Waals surface area (Å²) in [7, 11) is 1.59. The minimum atomic E-state index is -0.319. The van der Waals surface area contributed by atoms with E-state index in [-0.39, 0.29) is 5.82 Å². The van der Waals surface area contributed by atoms with Crippen LogP contribution >= 0.6 is 0 Å². The van der Waals surface area contributed by atoms with Gasteiger partial charge in [-0.15, -0.1) is 0 Å². The van der Waals surface area contributed by atoms with Crippen molar-refractivity contribution in [2.24, 2.45) is 0 Å². The van der Waals surface area contributed by atoms with Crippen LogP contribution in [0, 0.1) is 5.82 Å². The summed E-state index contributed by atoms with van der Waals surface area (Å²) in [4.78, 5) is 0. The smallest absolute Gasteiger partial charge is 0.165 e. The minimum absolute atomic E-state index is 0.319. The lowest BCUT2D eigenvalue weighted by Crippen LogP contribution is -1.99. The fraction of sp³-hybridized carbons (Fsp3) is 0.500. The van der Waals surface area contributed by atoms with E-state index in [1.807, 2.05) is 6.07 Å². The van der Waals surface area contributed by atoms with E-state index in [0.717, 1.165) is 18.4 Å². The number of benzene rings is 1. The van der Waals surface area contributed by atoms with Gasteiger partial charge in [0.05, 0.1) is 13.2 Å². The molecular formula is C12H17FO2. The van der Waals surface area contributed by atoms with Crippen LogP contribution in [-0.2, 0) is 11.3 Å². The Bertz CT molecular complexity index is 300. The SMILES string of the molecule is CCCCOc1ccc(COC)cc1F. The van der Waals surface area contributed by atoms with E-state index in [9.17, 15) is 4.39 Å². The van der Waals surface area contributed by atoms with Crippen molar-refractivity contribution < 1.29 is 13.9 Å². The van der Waals surface area contributed by atoms with Crippen molar-refractivity contribution in [3.63, 3.8) is 0 Å². The summed E-state index contributed by atoms with van der Waals surface area (Å²) in [5, 5.41) is 0. The average Bonchev–Trinajstić information content (AvgIpc) is 2.22. The molecule has 0 bridgehead atoms. The molecule has 0 aliphatic carbocycles. The standard InChI is InChI=1S/C12H17FO2/c1-3-4-7-15-12-6-5-10(9-14-2)8-11(12)13/h5-6,8H,3-4,7,9H2,1-2H3. The van der Waals surface area contributed by atoms with Gasteiger partial charge in [0, 0.05) is 7.11 Å². The van der Waals surface area contributed by atoms with Crippen LogP contribution < -0.4 is 4.74 Å². The lowest BCUT2D eigenvalue weighted by atomic mass is 10.2. The molecule has 0 spiro atoms. The molecule has 0 saturated carbocycles. The molecular weight excluding hydrogens is 195 g/mol. The molecule has 0 N–H and O–H groups in total. The summed E-state index contributed by atoms with van der Waals surface area (Å²) in [6, 6.07) is 4.91. The van der Waals surface area contributed by atoms with Crippen LogP contribution in [0.1, 0.15) is 25.3 Å². The molecule has 84 valence electrons. The quantitative estimate of drug-likeness (QED) is 0.674. The number of rotatable bonds is 6. The second-order valence-electron chi connectivity index (χ2n) is 3.40. The zero-order chi connectivity index (χ0) is 11.1. The van der Waals surface area contributed by atoms with Crippen LogP contribution in [0.15, 0.2) is 18.2 Å². The molecule has 15 heavy (non-hydrogen) atoms. The van der Waals surface area contributed by atoms with E-state index in [2.05, 4.69) is 6.92 Å². The van der Waals surface area contributed by atoms with Crippen molar-refractivity contribution >= 4 is 0 Å². The van der Waals surface area contributed by atoms with Crippen molar-refractivity contribution in [2.75, 3.05) is 13.7 Å². The van der Waals surface area contributed by atoms with Gasteiger partial charge in [-0.05, 0) is 24.1 Å². The second-order valence-corrected chi connectivity index (χ2v) is 3.40. The summed E-state index contributed by atoms with van der Waals surface area (Å²) >= 11 is 0. The van der Waals surface area contributed by atoms with E-state index in [4.69, 9.17) is 9.47 Å². The second kappa shape index (κ2) is 6.40. The zero-order valence-electron chi connectivity index (χ0n) is 9.25. The van der Waals surface area contributed by atoms with Crippen LogP contribution in [0.2, 0.25) is 0 Å². The van der Waals surface area contributed by atoms with E-state index in [0.29, 0.717) is 19.0 Å². The Morgan fingerprint density at radius 1 is 1.33 bits per heavy atom. The zero-order valence-corrected chi connectivity index (χ0v) is 9.25. The highest BCUT2D eigenvalue weighted by atomic mass is 19.1. The number of ether oxygens (including phenoxy) is 2. The van der Waals surface area contributed by atoms with Gasteiger partial charge < -0.3 is 9.47 Å². The Hall–Kier alpha value is -1.09. The van der Waals surface area contributed by atoms with Gasteiger partial charge in [-0.2, -0.15) is 0 Å². The molecule has 1 aromatic rings. The fourth-order valence-corrected chi connectivity index (χ4v) is 1.24. The molecule has 0 aliphatic rings. The Morgan fingerprint density at radius 3 is 2.73 bits per heavy atom.